The molecule has 0 aliphatic carbocycles. The second-order valence-electron chi connectivity index (χ2n) is 6.81. The molecule has 1 fully saturated rings. The molecule has 2 aromatic carbocycles. The van der Waals surface area contributed by atoms with Crippen molar-refractivity contribution in [1.82, 2.24) is 15.0 Å². The maximum Gasteiger partial charge on any atom is 0.322 e. The van der Waals surface area contributed by atoms with Gasteiger partial charge in [0, 0.05) is 17.1 Å². The van der Waals surface area contributed by atoms with Crippen molar-refractivity contribution in [3.8, 4) is 22.9 Å². The second-order valence-corrected chi connectivity index (χ2v) is 7.25. The molecule has 0 spiro atoms. The highest BCUT2D eigenvalue weighted by molar-refractivity contribution is 6.31. The quantitative estimate of drug-likeness (QED) is 0.629. The third-order valence-electron chi connectivity index (χ3n) is 4.99. The molecule has 0 unspecified atom stereocenters. The summed E-state index contributed by atoms with van der Waals surface area (Å²) in [5.41, 5.74) is 1.31. The van der Waals surface area contributed by atoms with Gasteiger partial charge in [-0.1, -0.05) is 16.8 Å². The highest BCUT2D eigenvalue weighted by Gasteiger charge is 2.34. The molecule has 1 aliphatic rings. The normalized spacial score (nSPS) is 15.8. The van der Waals surface area contributed by atoms with E-state index in [-0.39, 0.29) is 12.1 Å². The monoisotopic (exact) mass is 428 g/mol. The number of nitrogens with zero attached hydrogens (tertiary/aromatic N) is 3. The fourth-order valence-corrected chi connectivity index (χ4v) is 3.63. The highest BCUT2D eigenvalue weighted by atomic mass is 35.5. The Morgan fingerprint density at radius 2 is 2.00 bits per heavy atom. The van der Waals surface area contributed by atoms with Crippen LogP contribution in [-0.2, 0) is 0 Å². The van der Waals surface area contributed by atoms with Gasteiger partial charge in [-0.15, -0.1) is 0 Å². The Kier molecular flexibility index (Phi) is 5.76. The lowest BCUT2D eigenvalue weighted by atomic mass is 10.2. The predicted octanol–water partition coefficient (Wildman–Crippen LogP) is 4.78. The summed E-state index contributed by atoms with van der Waals surface area (Å²) in [6.07, 6.45) is 1.58. The van der Waals surface area contributed by atoms with Crippen LogP contribution in [0.5, 0.6) is 11.5 Å². The number of nitrogens with one attached hydrogen (secondary N) is 1. The molecule has 2 heterocycles. The van der Waals surface area contributed by atoms with E-state index in [0.29, 0.717) is 34.7 Å². The van der Waals surface area contributed by atoms with Crippen molar-refractivity contribution in [2.24, 2.45) is 0 Å². The van der Waals surface area contributed by atoms with Crippen LogP contribution >= 0.6 is 11.6 Å². The molecule has 2 amide bonds. The number of halogens is 1. The Bertz CT molecular complexity index is 1040. The topological polar surface area (TPSA) is 89.7 Å². The minimum Gasteiger partial charge on any atom is -0.497 e. The summed E-state index contributed by atoms with van der Waals surface area (Å²) in [4.78, 5) is 19.1. The number of methoxy groups -OCH3 is 2. The Labute approximate surface area is 178 Å². The van der Waals surface area contributed by atoms with Gasteiger partial charge >= 0.3 is 6.03 Å². The fourth-order valence-electron chi connectivity index (χ4n) is 3.46. The molecule has 1 aromatic heterocycles. The maximum atomic E-state index is 12.9. The number of anilines is 1. The van der Waals surface area contributed by atoms with Crippen LogP contribution < -0.4 is 14.8 Å². The van der Waals surface area contributed by atoms with Crippen LogP contribution in [0.4, 0.5) is 10.5 Å². The minimum absolute atomic E-state index is 0.276. The molecule has 1 N–H and O–H groups in total. The molecular weight excluding hydrogens is 408 g/mol. The summed E-state index contributed by atoms with van der Waals surface area (Å²) in [6.45, 7) is 0.583. The summed E-state index contributed by atoms with van der Waals surface area (Å²) in [5.74, 6) is 2.16. The summed E-state index contributed by atoms with van der Waals surface area (Å²) < 4.78 is 16.0. The van der Waals surface area contributed by atoms with E-state index < -0.39 is 0 Å². The number of aromatic nitrogens is 2. The third-order valence-corrected chi connectivity index (χ3v) is 5.23. The van der Waals surface area contributed by atoms with Gasteiger partial charge in [0.2, 0.25) is 11.7 Å². The lowest BCUT2D eigenvalue weighted by Gasteiger charge is -2.23. The number of hydrogen-bond acceptors (Lipinski definition) is 6. The maximum absolute atomic E-state index is 12.9. The van der Waals surface area contributed by atoms with Crippen molar-refractivity contribution >= 4 is 23.3 Å². The molecule has 156 valence electrons. The number of rotatable bonds is 5. The van der Waals surface area contributed by atoms with E-state index >= 15 is 0 Å². The van der Waals surface area contributed by atoms with Gasteiger partial charge in [-0.05, 0) is 55.3 Å². The predicted molar refractivity (Wildman–Crippen MR) is 112 cm³/mol. The molecule has 9 heteroatoms. The van der Waals surface area contributed by atoms with Crippen molar-refractivity contribution in [3.63, 3.8) is 0 Å². The van der Waals surface area contributed by atoms with E-state index in [0.717, 1.165) is 24.2 Å². The van der Waals surface area contributed by atoms with Gasteiger partial charge in [-0.3, -0.25) is 0 Å². The van der Waals surface area contributed by atoms with Gasteiger partial charge in [0.15, 0.2) is 0 Å². The van der Waals surface area contributed by atoms with E-state index in [2.05, 4.69) is 15.5 Å². The van der Waals surface area contributed by atoms with Crippen molar-refractivity contribution in [3.05, 3.63) is 53.4 Å². The van der Waals surface area contributed by atoms with Gasteiger partial charge in [0.1, 0.15) is 17.5 Å². The Hall–Kier alpha value is -3.26. The molecule has 0 saturated carbocycles. The second kappa shape index (κ2) is 8.62. The number of benzene rings is 2. The van der Waals surface area contributed by atoms with Crippen LogP contribution in [0.15, 0.2) is 47.0 Å². The third kappa shape index (κ3) is 4.04. The SMILES string of the molecule is COc1ccc(-c2noc([C@H]3CCCN3C(=O)Nc3cc(Cl)ccc3OC)n2)cc1. The summed E-state index contributed by atoms with van der Waals surface area (Å²) >= 11 is 6.06. The molecular formula is C21H21ClN4O4. The number of urea groups is 1. The van der Waals surface area contributed by atoms with Crippen LogP contribution in [0.25, 0.3) is 11.4 Å². The fraction of sp³-hybridized carbons (Fsp3) is 0.286. The molecule has 8 nitrogen and oxygen atoms in total. The number of hydrogen-bond donors (Lipinski definition) is 1. The van der Waals surface area contributed by atoms with Crippen molar-refractivity contribution < 1.29 is 18.8 Å². The molecule has 0 radical (unpaired) electrons. The van der Waals surface area contributed by atoms with E-state index in [1.807, 2.05) is 24.3 Å². The highest BCUT2D eigenvalue weighted by Crippen LogP contribution is 2.34. The van der Waals surface area contributed by atoms with Crippen molar-refractivity contribution in [2.45, 2.75) is 18.9 Å². The first-order valence-corrected chi connectivity index (χ1v) is 9.86. The van der Waals surface area contributed by atoms with E-state index in [4.69, 9.17) is 25.6 Å². The van der Waals surface area contributed by atoms with Crippen LogP contribution in [0.1, 0.15) is 24.8 Å². The Morgan fingerprint density at radius 1 is 1.20 bits per heavy atom. The van der Waals surface area contributed by atoms with Gasteiger partial charge in [0.25, 0.3) is 0 Å². The van der Waals surface area contributed by atoms with Gasteiger partial charge < -0.3 is 24.2 Å². The van der Waals surface area contributed by atoms with Crippen LogP contribution in [0.2, 0.25) is 5.02 Å². The largest absolute Gasteiger partial charge is 0.497 e. The number of ether oxygens (including phenoxy) is 2. The molecule has 4 rings (SSSR count). The molecule has 1 aliphatic heterocycles. The van der Waals surface area contributed by atoms with Crippen molar-refractivity contribution in [1.29, 1.82) is 0 Å². The number of carbonyl (C=O) groups is 1. The number of carbonyl (C=O) groups excluding carboxylic acids is 1. The zero-order chi connectivity index (χ0) is 21.1. The van der Waals surface area contributed by atoms with Gasteiger partial charge in [0.05, 0.1) is 19.9 Å². The zero-order valence-electron chi connectivity index (χ0n) is 16.6. The average molecular weight is 429 g/mol. The number of amides is 2. The standard InChI is InChI=1S/C21H21ClN4O4/c1-28-15-8-5-13(6-9-15)19-24-20(30-25-19)17-4-3-11-26(17)21(27)23-16-12-14(22)7-10-18(16)29-2/h5-10,12,17H,3-4,11H2,1-2H3,(H,23,27)/t17-/m1/s1. The summed E-state index contributed by atoms with van der Waals surface area (Å²) in [5, 5.41) is 7.45. The van der Waals surface area contributed by atoms with Gasteiger partial charge in [-0.2, -0.15) is 4.98 Å². The van der Waals surface area contributed by atoms with E-state index in [1.165, 1.54) is 7.11 Å². The summed E-state index contributed by atoms with van der Waals surface area (Å²) in [6, 6.07) is 11.9. The average Bonchev–Trinajstić information content (AvgIpc) is 3.43. The van der Waals surface area contributed by atoms with Crippen LogP contribution in [0.3, 0.4) is 0 Å². The van der Waals surface area contributed by atoms with E-state index in [1.54, 1.807) is 30.2 Å². The molecule has 30 heavy (non-hydrogen) atoms. The van der Waals surface area contributed by atoms with Gasteiger partial charge in [-0.25, -0.2) is 4.79 Å². The number of likely N-dealkylation sites (tertiary alicyclic amines) is 1. The first-order chi connectivity index (χ1) is 14.6. The molecule has 0 bridgehead atoms. The molecule has 3 aromatic rings. The van der Waals surface area contributed by atoms with Crippen molar-refractivity contribution in [2.75, 3.05) is 26.1 Å². The minimum atomic E-state index is -0.297. The summed E-state index contributed by atoms with van der Waals surface area (Å²) in [7, 11) is 3.15. The van der Waals surface area contributed by atoms with E-state index in [9.17, 15) is 4.79 Å². The zero-order valence-corrected chi connectivity index (χ0v) is 17.3. The molecule has 1 atom stereocenters. The van der Waals surface area contributed by atoms with Crippen LogP contribution in [0, 0.1) is 0 Å². The first-order valence-electron chi connectivity index (χ1n) is 9.48. The Balaban J connectivity index is 1.52. The lowest BCUT2D eigenvalue weighted by molar-refractivity contribution is 0.193. The molecule has 1 saturated heterocycles. The first kappa shape index (κ1) is 20.0. The smallest absolute Gasteiger partial charge is 0.322 e. The Morgan fingerprint density at radius 3 is 2.73 bits per heavy atom. The lowest BCUT2D eigenvalue weighted by Crippen LogP contribution is -2.34. The van der Waals surface area contributed by atoms with Crippen LogP contribution in [-0.4, -0.2) is 41.8 Å².